The van der Waals surface area contributed by atoms with Gasteiger partial charge < -0.3 is 4.90 Å². The van der Waals surface area contributed by atoms with Crippen molar-refractivity contribution in [3.05, 3.63) is 33.9 Å². The van der Waals surface area contributed by atoms with Gasteiger partial charge in [-0.05, 0) is 6.92 Å². The molecule has 126 valence electrons. The van der Waals surface area contributed by atoms with Crippen LogP contribution in [0.3, 0.4) is 0 Å². The number of halogens is 4. The second-order valence-electron chi connectivity index (χ2n) is 5.17. The van der Waals surface area contributed by atoms with E-state index in [0.717, 1.165) is 15.9 Å². The highest BCUT2D eigenvalue weighted by atomic mass is 35.5. The van der Waals surface area contributed by atoms with Crippen molar-refractivity contribution in [3.8, 4) is 0 Å². The van der Waals surface area contributed by atoms with Crippen LogP contribution in [0.5, 0.6) is 0 Å². The summed E-state index contributed by atoms with van der Waals surface area (Å²) in [6.07, 6.45) is -3.11. The van der Waals surface area contributed by atoms with Crippen LogP contribution in [0, 0.1) is 6.92 Å². The van der Waals surface area contributed by atoms with Gasteiger partial charge in [-0.25, -0.2) is 0 Å². The minimum absolute atomic E-state index is 0.196. The van der Waals surface area contributed by atoms with Gasteiger partial charge in [-0.15, -0.1) is 0 Å². The van der Waals surface area contributed by atoms with Crippen molar-refractivity contribution < 1.29 is 18.0 Å². The summed E-state index contributed by atoms with van der Waals surface area (Å²) < 4.78 is 40.9. The van der Waals surface area contributed by atoms with Crippen LogP contribution in [0.4, 0.5) is 13.2 Å². The molecular formula is C13H15ClF3N5O. The number of amides is 1. The smallest absolute Gasteiger partial charge is 0.336 e. The summed E-state index contributed by atoms with van der Waals surface area (Å²) in [6.45, 7) is 2.03. The van der Waals surface area contributed by atoms with Crippen molar-refractivity contribution in [1.82, 2.24) is 24.5 Å². The van der Waals surface area contributed by atoms with Crippen LogP contribution in [0.15, 0.2) is 6.20 Å². The first-order valence-electron chi connectivity index (χ1n) is 6.56. The predicted molar refractivity (Wildman–Crippen MR) is 77.0 cm³/mol. The van der Waals surface area contributed by atoms with E-state index < -0.39 is 22.8 Å². The van der Waals surface area contributed by atoms with Gasteiger partial charge in [0, 0.05) is 38.9 Å². The normalized spacial score (nSPS) is 11.8. The van der Waals surface area contributed by atoms with Crippen LogP contribution in [0.2, 0.25) is 5.02 Å². The quantitative estimate of drug-likeness (QED) is 0.855. The molecule has 2 aromatic heterocycles. The van der Waals surface area contributed by atoms with Crippen molar-refractivity contribution in [2.24, 2.45) is 14.1 Å². The Labute approximate surface area is 135 Å². The molecule has 2 rings (SSSR count). The predicted octanol–water partition coefficient (Wildman–Crippen LogP) is 2.41. The standard InChI is InChI=1S/C13H15ClF3N5O/c1-7-8(5-18-21(7)3)6-20(2)12(23)10-9(14)11(13(15,16)17)19-22(10)4/h5H,6H2,1-4H3. The SMILES string of the molecule is Cc1c(CN(C)C(=O)c2c(Cl)c(C(F)(F)F)nn2C)cnn1C. The number of carbonyl (C=O) groups is 1. The largest absolute Gasteiger partial charge is 0.436 e. The monoisotopic (exact) mass is 349 g/mol. The maximum atomic E-state index is 12.8. The van der Waals surface area contributed by atoms with Gasteiger partial charge >= 0.3 is 6.18 Å². The van der Waals surface area contributed by atoms with Crippen molar-refractivity contribution in [2.75, 3.05) is 7.05 Å². The highest BCUT2D eigenvalue weighted by Crippen LogP contribution is 2.35. The summed E-state index contributed by atoms with van der Waals surface area (Å²) in [6, 6.07) is 0. The third kappa shape index (κ3) is 3.19. The molecule has 0 bridgehead atoms. The fourth-order valence-electron chi connectivity index (χ4n) is 2.12. The van der Waals surface area contributed by atoms with Gasteiger partial charge in [-0.1, -0.05) is 11.6 Å². The molecule has 2 heterocycles. The fourth-order valence-corrected chi connectivity index (χ4v) is 2.47. The van der Waals surface area contributed by atoms with E-state index in [1.54, 1.807) is 17.9 Å². The third-order valence-corrected chi connectivity index (χ3v) is 3.91. The molecule has 0 aliphatic carbocycles. The van der Waals surface area contributed by atoms with E-state index in [4.69, 9.17) is 11.6 Å². The molecule has 0 aliphatic rings. The average molecular weight is 350 g/mol. The first-order valence-corrected chi connectivity index (χ1v) is 6.94. The van der Waals surface area contributed by atoms with Crippen LogP contribution in [-0.4, -0.2) is 37.4 Å². The Morgan fingerprint density at radius 1 is 1.35 bits per heavy atom. The number of alkyl halides is 3. The summed E-state index contributed by atoms with van der Waals surface area (Å²) in [4.78, 5) is 13.7. The zero-order valence-electron chi connectivity index (χ0n) is 12.9. The molecule has 0 aliphatic heterocycles. The lowest BCUT2D eigenvalue weighted by Gasteiger charge is -2.17. The lowest BCUT2D eigenvalue weighted by molar-refractivity contribution is -0.141. The van der Waals surface area contributed by atoms with E-state index in [1.165, 1.54) is 19.0 Å². The zero-order valence-corrected chi connectivity index (χ0v) is 13.7. The zero-order chi connectivity index (χ0) is 17.5. The summed E-state index contributed by atoms with van der Waals surface area (Å²) in [5.41, 5.74) is 0.0772. The minimum Gasteiger partial charge on any atom is -0.336 e. The van der Waals surface area contributed by atoms with E-state index in [-0.39, 0.29) is 12.2 Å². The summed E-state index contributed by atoms with van der Waals surface area (Å²) >= 11 is 5.72. The van der Waals surface area contributed by atoms with Crippen molar-refractivity contribution in [1.29, 1.82) is 0 Å². The Morgan fingerprint density at radius 3 is 2.39 bits per heavy atom. The first-order chi connectivity index (χ1) is 10.5. The highest BCUT2D eigenvalue weighted by Gasteiger charge is 2.40. The van der Waals surface area contributed by atoms with E-state index >= 15 is 0 Å². The second-order valence-corrected chi connectivity index (χ2v) is 5.55. The van der Waals surface area contributed by atoms with Crippen molar-refractivity contribution in [2.45, 2.75) is 19.6 Å². The third-order valence-electron chi connectivity index (χ3n) is 3.55. The van der Waals surface area contributed by atoms with Gasteiger partial charge in [0.25, 0.3) is 5.91 Å². The molecule has 10 heteroatoms. The van der Waals surface area contributed by atoms with E-state index in [0.29, 0.717) is 0 Å². The Kier molecular flexibility index (Phi) is 4.43. The molecule has 0 saturated carbocycles. The maximum absolute atomic E-state index is 12.8. The van der Waals surface area contributed by atoms with Gasteiger partial charge in [-0.2, -0.15) is 23.4 Å². The Balaban J connectivity index is 2.30. The number of aryl methyl sites for hydroxylation is 2. The van der Waals surface area contributed by atoms with Gasteiger partial charge in [-0.3, -0.25) is 14.2 Å². The molecule has 0 aromatic carbocycles. The van der Waals surface area contributed by atoms with Gasteiger partial charge in [0.15, 0.2) is 5.69 Å². The molecule has 1 amide bonds. The highest BCUT2D eigenvalue weighted by molar-refractivity contribution is 6.34. The lowest BCUT2D eigenvalue weighted by atomic mass is 10.2. The summed E-state index contributed by atoms with van der Waals surface area (Å²) in [7, 11) is 4.48. The topological polar surface area (TPSA) is 56.0 Å². The summed E-state index contributed by atoms with van der Waals surface area (Å²) in [5, 5.41) is 6.67. The van der Waals surface area contributed by atoms with Crippen LogP contribution in [-0.2, 0) is 26.8 Å². The van der Waals surface area contributed by atoms with E-state index in [2.05, 4.69) is 10.2 Å². The van der Waals surface area contributed by atoms with E-state index in [1.807, 2.05) is 6.92 Å². The van der Waals surface area contributed by atoms with Crippen LogP contribution in [0.1, 0.15) is 27.4 Å². The molecule has 0 saturated heterocycles. The molecule has 0 N–H and O–H groups in total. The van der Waals surface area contributed by atoms with Crippen molar-refractivity contribution >= 4 is 17.5 Å². The first kappa shape index (κ1) is 17.3. The molecule has 6 nitrogen and oxygen atoms in total. The van der Waals surface area contributed by atoms with Gasteiger partial charge in [0.1, 0.15) is 10.7 Å². The molecule has 0 fully saturated rings. The molecule has 2 aromatic rings. The Hall–Kier alpha value is -2.03. The number of nitrogens with zero attached hydrogens (tertiary/aromatic N) is 5. The number of rotatable bonds is 3. The number of hydrogen-bond acceptors (Lipinski definition) is 3. The minimum atomic E-state index is -4.72. The molecule has 0 spiro atoms. The van der Waals surface area contributed by atoms with E-state index in [9.17, 15) is 18.0 Å². The van der Waals surface area contributed by atoms with Gasteiger partial charge in [0.2, 0.25) is 0 Å². The van der Waals surface area contributed by atoms with Crippen LogP contribution in [0.25, 0.3) is 0 Å². The molecular weight excluding hydrogens is 335 g/mol. The number of hydrogen-bond donors (Lipinski definition) is 0. The lowest BCUT2D eigenvalue weighted by Crippen LogP contribution is -2.28. The van der Waals surface area contributed by atoms with Crippen LogP contribution >= 0.6 is 11.6 Å². The average Bonchev–Trinajstić information content (AvgIpc) is 2.91. The maximum Gasteiger partial charge on any atom is 0.436 e. The number of aromatic nitrogens is 4. The molecule has 0 unspecified atom stereocenters. The number of carbonyl (C=O) groups excluding carboxylic acids is 1. The molecule has 23 heavy (non-hydrogen) atoms. The van der Waals surface area contributed by atoms with Crippen molar-refractivity contribution in [3.63, 3.8) is 0 Å². The Bertz CT molecular complexity index is 750. The Morgan fingerprint density at radius 2 is 1.96 bits per heavy atom. The van der Waals surface area contributed by atoms with Gasteiger partial charge in [0.05, 0.1) is 6.20 Å². The molecule has 0 atom stereocenters. The summed E-state index contributed by atoms with van der Waals surface area (Å²) in [5.74, 6) is -0.649. The van der Waals surface area contributed by atoms with Crippen LogP contribution < -0.4 is 0 Å². The second kappa shape index (κ2) is 5.88. The fraction of sp³-hybridized carbons (Fsp3) is 0.462. The molecule has 0 radical (unpaired) electrons.